The van der Waals surface area contributed by atoms with Crippen LogP contribution in [0.1, 0.15) is 35.2 Å². The Hall–Kier alpha value is -3.14. The fraction of sp³-hybridized carbons (Fsp3) is 0.483. The summed E-state index contributed by atoms with van der Waals surface area (Å²) in [6, 6.07) is 14.4. The van der Waals surface area contributed by atoms with Crippen LogP contribution in [0.3, 0.4) is 0 Å². The first-order valence-corrected chi connectivity index (χ1v) is 14.0. The van der Waals surface area contributed by atoms with Crippen LogP contribution in [-0.2, 0) is 20.7 Å². The molecule has 2 aliphatic heterocycles. The Balaban J connectivity index is 1.48. The third-order valence-corrected chi connectivity index (χ3v) is 7.12. The molecule has 2 aromatic carbocycles. The van der Waals surface area contributed by atoms with Crippen molar-refractivity contribution in [1.82, 2.24) is 20.4 Å². The number of benzene rings is 2. The van der Waals surface area contributed by atoms with Crippen LogP contribution < -0.4 is 15.4 Å². The van der Waals surface area contributed by atoms with Gasteiger partial charge in [-0.25, -0.2) is 0 Å². The van der Waals surface area contributed by atoms with Crippen LogP contribution >= 0.6 is 11.6 Å². The second-order valence-electron chi connectivity index (χ2n) is 9.89. The SMILES string of the molecule is O=C1CN(C(=O)CCN2CCOCC2)CCCCNC(=O)c2cc(Cl)ccc2OC[C@@H](Cc2ccccc2)N1. The van der Waals surface area contributed by atoms with E-state index in [4.69, 9.17) is 21.1 Å². The zero-order valence-electron chi connectivity index (χ0n) is 22.2. The number of ether oxygens (including phenoxy) is 2. The highest BCUT2D eigenvalue weighted by atomic mass is 35.5. The minimum Gasteiger partial charge on any atom is -0.491 e. The van der Waals surface area contributed by atoms with Crippen LogP contribution in [0, 0.1) is 0 Å². The topological polar surface area (TPSA) is 100 Å². The molecule has 2 N–H and O–H groups in total. The van der Waals surface area contributed by atoms with Crippen molar-refractivity contribution >= 4 is 29.3 Å². The van der Waals surface area contributed by atoms with Crippen LogP contribution in [0.15, 0.2) is 48.5 Å². The summed E-state index contributed by atoms with van der Waals surface area (Å²) in [5, 5.41) is 6.43. The average Bonchev–Trinajstić information content (AvgIpc) is 2.95. The summed E-state index contributed by atoms with van der Waals surface area (Å²) in [7, 11) is 0. The minimum absolute atomic E-state index is 0.0220. The molecule has 10 heteroatoms. The highest BCUT2D eigenvalue weighted by Gasteiger charge is 2.23. The first kappa shape index (κ1) is 28.9. The molecule has 2 heterocycles. The van der Waals surface area contributed by atoms with E-state index in [-0.39, 0.29) is 36.9 Å². The van der Waals surface area contributed by atoms with Gasteiger partial charge >= 0.3 is 0 Å². The lowest BCUT2D eigenvalue weighted by molar-refractivity contribution is -0.136. The molecule has 0 saturated carbocycles. The summed E-state index contributed by atoms with van der Waals surface area (Å²) in [6.07, 6.45) is 2.19. The van der Waals surface area contributed by atoms with Crippen LogP contribution in [0.5, 0.6) is 5.75 Å². The number of morpholine rings is 1. The number of hydrogen-bond acceptors (Lipinski definition) is 6. The lowest BCUT2D eigenvalue weighted by atomic mass is 10.1. The van der Waals surface area contributed by atoms with Crippen molar-refractivity contribution in [1.29, 1.82) is 0 Å². The van der Waals surface area contributed by atoms with Gasteiger partial charge in [0.2, 0.25) is 11.8 Å². The summed E-state index contributed by atoms with van der Waals surface area (Å²) in [5.41, 5.74) is 1.39. The molecule has 2 aromatic rings. The van der Waals surface area contributed by atoms with E-state index in [1.54, 1.807) is 23.1 Å². The van der Waals surface area contributed by atoms with Crippen LogP contribution in [-0.4, -0.2) is 92.7 Å². The third-order valence-electron chi connectivity index (χ3n) is 6.89. The van der Waals surface area contributed by atoms with E-state index >= 15 is 0 Å². The number of rotatable bonds is 5. The summed E-state index contributed by atoms with van der Waals surface area (Å²) in [4.78, 5) is 43.2. The smallest absolute Gasteiger partial charge is 0.255 e. The maximum Gasteiger partial charge on any atom is 0.255 e. The van der Waals surface area contributed by atoms with Crippen LogP contribution in [0.2, 0.25) is 5.02 Å². The molecule has 210 valence electrons. The predicted molar refractivity (Wildman–Crippen MR) is 149 cm³/mol. The Morgan fingerprint density at radius 3 is 2.62 bits per heavy atom. The van der Waals surface area contributed by atoms with Gasteiger partial charge in [0.1, 0.15) is 12.4 Å². The number of halogens is 1. The molecule has 0 radical (unpaired) electrons. The van der Waals surface area contributed by atoms with Crippen molar-refractivity contribution in [3.8, 4) is 5.75 Å². The molecule has 9 nitrogen and oxygen atoms in total. The van der Waals surface area contributed by atoms with Crippen molar-refractivity contribution in [2.45, 2.75) is 31.7 Å². The van der Waals surface area contributed by atoms with E-state index in [0.717, 1.165) is 18.7 Å². The van der Waals surface area contributed by atoms with Gasteiger partial charge in [0.25, 0.3) is 5.91 Å². The Morgan fingerprint density at radius 1 is 1.03 bits per heavy atom. The molecule has 4 rings (SSSR count). The van der Waals surface area contributed by atoms with Gasteiger partial charge < -0.3 is 25.0 Å². The lowest BCUT2D eigenvalue weighted by Crippen LogP contribution is -2.47. The molecule has 0 aromatic heterocycles. The van der Waals surface area contributed by atoms with Gasteiger partial charge in [-0.15, -0.1) is 0 Å². The lowest BCUT2D eigenvalue weighted by Gasteiger charge is -2.28. The summed E-state index contributed by atoms with van der Waals surface area (Å²) in [6.45, 7) is 4.60. The quantitative estimate of drug-likeness (QED) is 0.587. The molecule has 0 aliphatic carbocycles. The molecular weight excluding hydrogens is 520 g/mol. The van der Waals surface area contributed by atoms with Crippen molar-refractivity contribution in [2.24, 2.45) is 0 Å². The normalized spacial score (nSPS) is 20.0. The second-order valence-corrected chi connectivity index (χ2v) is 10.3. The third kappa shape index (κ3) is 9.23. The van der Waals surface area contributed by atoms with Crippen molar-refractivity contribution in [2.75, 3.05) is 59.1 Å². The zero-order valence-corrected chi connectivity index (χ0v) is 23.0. The average molecular weight is 557 g/mol. The van der Waals surface area contributed by atoms with Gasteiger partial charge in [0, 0.05) is 44.2 Å². The Morgan fingerprint density at radius 2 is 1.82 bits per heavy atom. The van der Waals surface area contributed by atoms with E-state index in [1.165, 1.54) is 0 Å². The molecule has 0 spiro atoms. The second kappa shape index (κ2) is 14.9. The zero-order chi connectivity index (χ0) is 27.5. The van der Waals surface area contributed by atoms with E-state index < -0.39 is 0 Å². The Labute approximate surface area is 234 Å². The number of carbonyl (C=O) groups excluding carboxylic acids is 3. The number of fused-ring (bicyclic) bond motifs is 1. The Kier molecular flexibility index (Phi) is 11.0. The van der Waals surface area contributed by atoms with Gasteiger partial charge in [0.05, 0.1) is 31.4 Å². The number of nitrogens with zero attached hydrogens (tertiary/aromatic N) is 2. The van der Waals surface area contributed by atoms with Crippen molar-refractivity contribution in [3.05, 3.63) is 64.7 Å². The van der Waals surface area contributed by atoms with Gasteiger partial charge in [-0.2, -0.15) is 0 Å². The monoisotopic (exact) mass is 556 g/mol. The predicted octanol–water partition coefficient (Wildman–Crippen LogP) is 2.52. The van der Waals surface area contributed by atoms with Crippen molar-refractivity contribution in [3.63, 3.8) is 0 Å². The molecule has 1 atom stereocenters. The maximum atomic E-state index is 13.2. The molecule has 2 aliphatic rings. The number of nitrogens with one attached hydrogen (secondary N) is 2. The van der Waals surface area contributed by atoms with Crippen molar-refractivity contribution < 1.29 is 23.9 Å². The van der Waals surface area contributed by atoms with E-state index in [0.29, 0.717) is 74.9 Å². The Bertz CT molecular complexity index is 1110. The molecular formula is C29H37ClN4O5. The highest BCUT2D eigenvalue weighted by Crippen LogP contribution is 2.23. The number of carbonyl (C=O) groups is 3. The highest BCUT2D eigenvalue weighted by molar-refractivity contribution is 6.31. The van der Waals surface area contributed by atoms with Gasteiger partial charge in [-0.1, -0.05) is 41.9 Å². The molecule has 0 unspecified atom stereocenters. The van der Waals surface area contributed by atoms with Crippen LogP contribution in [0.25, 0.3) is 0 Å². The maximum absolute atomic E-state index is 13.2. The number of amides is 3. The molecule has 39 heavy (non-hydrogen) atoms. The summed E-state index contributed by atoms with van der Waals surface area (Å²) >= 11 is 6.17. The molecule has 1 saturated heterocycles. The summed E-state index contributed by atoms with van der Waals surface area (Å²) < 4.78 is 11.5. The van der Waals surface area contributed by atoms with Gasteiger partial charge in [0.15, 0.2) is 0 Å². The van der Waals surface area contributed by atoms with E-state index in [9.17, 15) is 14.4 Å². The minimum atomic E-state index is -0.373. The molecule has 0 bridgehead atoms. The van der Waals surface area contributed by atoms with Gasteiger partial charge in [-0.3, -0.25) is 19.3 Å². The first-order chi connectivity index (χ1) is 19.0. The van der Waals surface area contributed by atoms with Crippen LogP contribution in [0.4, 0.5) is 0 Å². The summed E-state index contributed by atoms with van der Waals surface area (Å²) in [5.74, 6) is -0.161. The molecule has 3 amide bonds. The number of hydrogen-bond donors (Lipinski definition) is 2. The fourth-order valence-corrected chi connectivity index (χ4v) is 4.92. The van der Waals surface area contributed by atoms with E-state index in [2.05, 4.69) is 15.5 Å². The molecule has 1 fully saturated rings. The van der Waals surface area contributed by atoms with Gasteiger partial charge in [-0.05, 0) is 43.0 Å². The standard InChI is InChI=1S/C29H37ClN4O5/c30-23-8-9-26-25(19-23)29(37)31-11-4-5-12-34(28(36)10-13-33-14-16-38-17-15-33)20-27(35)32-24(21-39-26)18-22-6-2-1-3-7-22/h1-3,6-9,19,24H,4-5,10-18,20-21H2,(H,31,37)(H,32,35)/t24-/m1/s1. The fourth-order valence-electron chi connectivity index (χ4n) is 4.75. The largest absolute Gasteiger partial charge is 0.491 e. The van der Waals surface area contributed by atoms with E-state index in [1.807, 2.05) is 30.3 Å². The first-order valence-electron chi connectivity index (χ1n) is 13.6.